The lowest BCUT2D eigenvalue weighted by atomic mass is 10.2. The molecule has 90 valence electrons. The van der Waals surface area contributed by atoms with E-state index >= 15 is 0 Å². The molecule has 0 saturated heterocycles. The van der Waals surface area contributed by atoms with Crippen molar-refractivity contribution in [2.75, 3.05) is 23.5 Å². The molecule has 2 N–H and O–H groups in total. The number of rotatable bonds is 5. The maximum atomic E-state index is 12.0. The molecule has 0 heterocycles. The monoisotopic (exact) mass is 259 g/mol. The molecule has 0 aliphatic carbocycles. The van der Waals surface area contributed by atoms with Gasteiger partial charge in [0, 0.05) is 0 Å². The molecule has 0 aliphatic heterocycles. The molecule has 5 heteroatoms. The summed E-state index contributed by atoms with van der Waals surface area (Å²) in [4.78, 5) is 0.272. The van der Waals surface area contributed by atoms with E-state index in [0.29, 0.717) is 12.1 Å². The minimum atomic E-state index is -3.22. The summed E-state index contributed by atoms with van der Waals surface area (Å²) in [6, 6.07) is 5.13. The Morgan fingerprint density at radius 1 is 1.38 bits per heavy atom. The lowest BCUT2D eigenvalue weighted by Gasteiger charge is -2.08. The van der Waals surface area contributed by atoms with Crippen LogP contribution in [0, 0.1) is 6.92 Å². The molecule has 16 heavy (non-hydrogen) atoms. The first-order chi connectivity index (χ1) is 7.49. The Labute approximate surface area is 101 Å². The van der Waals surface area contributed by atoms with Crippen molar-refractivity contribution >= 4 is 27.3 Å². The van der Waals surface area contributed by atoms with Gasteiger partial charge in [0.1, 0.15) is 0 Å². The molecular weight excluding hydrogens is 242 g/mol. The standard InChI is InChI=1S/C11H17NO2S2/c1-9-5-3-6-10(11(9)12)16(13,14)8-4-7-15-2/h3,5-6H,4,7-8,12H2,1-2H3. The van der Waals surface area contributed by atoms with E-state index in [-0.39, 0.29) is 10.6 Å². The highest BCUT2D eigenvalue weighted by molar-refractivity contribution is 7.98. The van der Waals surface area contributed by atoms with Gasteiger partial charge in [-0.3, -0.25) is 0 Å². The van der Waals surface area contributed by atoms with E-state index < -0.39 is 9.84 Å². The van der Waals surface area contributed by atoms with Crippen LogP contribution in [0.15, 0.2) is 23.1 Å². The van der Waals surface area contributed by atoms with E-state index in [9.17, 15) is 8.42 Å². The maximum Gasteiger partial charge on any atom is 0.180 e. The van der Waals surface area contributed by atoms with Crippen LogP contribution in [0.1, 0.15) is 12.0 Å². The normalized spacial score (nSPS) is 11.6. The highest BCUT2D eigenvalue weighted by atomic mass is 32.2. The summed E-state index contributed by atoms with van der Waals surface area (Å²) >= 11 is 1.65. The van der Waals surface area contributed by atoms with Crippen molar-refractivity contribution in [3.8, 4) is 0 Å². The third-order valence-corrected chi connectivity index (χ3v) is 4.93. The summed E-state index contributed by atoms with van der Waals surface area (Å²) < 4.78 is 24.0. The zero-order chi connectivity index (χ0) is 12.2. The minimum absolute atomic E-state index is 0.168. The van der Waals surface area contributed by atoms with Gasteiger partial charge in [-0.1, -0.05) is 12.1 Å². The summed E-state index contributed by atoms with van der Waals surface area (Å²) in [5.74, 6) is 1.02. The van der Waals surface area contributed by atoms with Crippen LogP contribution in [0.2, 0.25) is 0 Å². The Hall–Kier alpha value is -0.680. The van der Waals surface area contributed by atoms with Crippen LogP contribution in [0.25, 0.3) is 0 Å². The predicted octanol–water partition coefficient (Wildman–Crippen LogP) is 2.10. The molecule has 0 saturated carbocycles. The van der Waals surface area contributed by atoms with E-state index in [1.165, 1.54) is 0 Å². The molecule has 0 aliphatic rings. The van der Waals surface area contributed by atoms with Gasteiger partial charge >= 0.3 is 0 Å². The van der Waals surface area contributed by atoms with E-state index in [2.05, 4.69) is 0 Å². The molecule has 0 atom stereocenters. The van der Waals surface area contributed by atoms with E-state index in [1.54, 1.807) is 23.9 Å². The lowest BCUT2D eigenvalue weighted by Crippen LogP contribution is -2.10. The van der Waals surface area contributed by atoms with Crippen molar-refractivity contribution in [3.05, 3.63) is 23.8 Å². The average molecular weight is 259 g/mol. The van der Waals surface area contributed by atoms with Crippen LogP contribution in [-0.2, 0) is 9.84 Å². The number of hydrogen-bond donors (Lipinski definition) is 1. The van der Waals surface area contributed by atoms with Gasteiger partial charge < -0.3 is 5.73 Å². The number of nitrogen functional groups attached to an aromatic ring is 1. The topological polar surface area (TPSA) is 60.2 Å². The Morgan fingerprint density at radius 2 is 2.06 bits per heavy atom. The van der Waals surface area contributed by atoms with E-state index in [0.717, 1.165) is 11.3 Å². The van der Waals surface area contributed by atoms with Crippen LogP contribution < -0.4 is 5.73 Å². The van der Waals surface area contributed by atoms with Crippen LogP contribution in [0.5, 0.6) is 0 Å². The van der Waals surface area contributed by atoms with Gasteiger partial charge in [0.05, 0.1) is 16.3 Å². The molecule has 0 amide bonds. The zero-order valence-corrected chi connectivity index (χ0v) is 11.2. The van der Waals surface area contributed by atoms with E-state index in [4.69, 9.17) is 5.73 Å². The second-order valence-electron chi connectivity index (χ2n) is 3.65. The summed E-state index contributed by atoms with van der Waals surface area (Å²) in [5, 5.41) is 0. The van der Waals surface area contributed by atoms with Crippen LogP contribution in [0.4, 0.5) is 5.69 Å². The molecule has 1 aromatic rings. The Bertz CT molecular complexity index is 455. The summed E-state index contributed by atoms with van der Waals surface area (Å²) in [6.07, 6.45) is 2.63. The summed E-state index contributed by atoms with van der Waals surface area (Å²) in [6.45, 7) is 1.82. The Balaban J connectivity index is 2.94. The largest absolute Gasteiger partial charge is 0.397 e. The molecule has 0 fully saturated rings. The van der Waals surface area contributed by atoms with Gasteiger partial charge in [0.2, 0.25) is 0 Å². The number of sulfone groups is 1. The highest BCUT2D eigenvalue weighted by Gasteiger charge is 2.17. The number of thioether (sulfide) groups is 1. The quantitative estimate of drug-likeness (QED) is 0.650. The maximum absolute atomic E-state index is 12.0. The van der Waals surface area contributed by atoms with Gasteiger partial charge in [-0.05, 0) is 37.0 Å². The third-order valence-electron chi connectivity index (χ3n) is 2.38. The summed E-state index contributed by atoms with van der Waals surface area (Å²) in [7, 11) is -3.22. The molecule has 0 spiro atoms. The molecule has 0 aromatic heterocycles. The van der Waals surface area contributed by atoms with Crippen molar-refractivity contribution in [3.63, 3.8) is 0 Å². The van der Waals surface area contributed by atoms with Crippen molar-refractivity contribution in [1.82, 2.24) is 0 Å². The van der Waals surface area contributed by atoms with Crippen LogP contribution in [-0.4, -0.2) is 26.2 Å². The van der Waals surface area contributed by atoms with Gasteiger partial charge in [-0.2, -0.15) is 11.8 Å². The second-order valence-corrected chi connectivity index (χ2v) is 6.72. The summed E-state index contributed by atoms with van der Waals surface area (Å²) in [5.41, 5.74) is 6.98. The van der Waals surface area contributed by atoms with Crippen LogP contribution in [0.3, 0.4) is 0 Å². The number of nitrogens with two attached hydrogens (primary N) is 1. The van der Waals surface area contributed by atoms with Crippen molar-refractivity contribution in [2.45, 2.75) is 18.2 Å². The molecule has 3 nitrogen and oxygen atoms in total. The molecule has 1 aromatic carbocycles. The molecule has 0 bridgehead atoms. The molecule has 0 unspecified atom stereocenters. The first-order valence-corrected chi connectivity index (χ1v) is 8.10. The number of aryl methyl sites for hydroxylation is 1. The number of benzene rings is 1. The third kappa shape index (κ3) is 3.15. The van der Waals surface area contributed by atoms with Gasteiger partial charge in [0.25, 0.3) is 0 Å². The Kier molecular flexibility index (Phi) is 4.68. The van der Waals surface area contributed by atoms with Crippen LogP contribution >= 0.6 is 11.8 Å². The van der Waals surface area contributed by atoms with Crippen molar-refractivity contribution < 1.29 is 8.42 Å². The first kappa shape index (κ1) is 13.4. The number of anilines is 1. The molecule has 0 radical (unpaired) electrons. The zero-order valence-electron chi connectivity index (χ0n) is 9.56. The predicted molar refractivity (Wildman–Crippen MR) is 70.6 cm³/mol. The number of hydrogen-bond acceptors (Lipinski definition) is 4. The first-order valence-electron chi connectivity index (χ1n) is 5.06. The van der Waals surface area contributed by atoms with Crippen molar-refractivity contribution in [2.24, 2.45) is 0 Å². The van der Waals surface area contributed by atoms with E-state index in [1.807, 2.05) is 19.2 Å². The van der Waals surface area contributed by atoms with Crippen molar-refractivity contribution in [1.29, 1.82) is 0 Å². The SMILES string of the molecule is CSCCCS(=O)(=O)c1cccc(C)c1N. The lowest BCUT2D eigenvalue weighted by molar-refractivity contribution is 0.595. The van der Waals surface area contributed by atoms with Gasteiger partial charge in [-0.15, -0.1) is 0 Å². The van der Waals surface area contributed by atoms with Gasteiger partial charge in [0.15, 0.2) is 9.84 Å². The number of para-hydroxylation sites is 1. The fraction of sp³-hybridized carbons (Fsp3) is 0.455. The van der Waals surface area contributed by atoms with Gasteiger partial charge in [-0.25, -0.2) is 8.42 Å². The molecular formula is C11H17NO2S2. The minimum Gasteiger partial charge on any atom is -0.397 e. The second kappa shape index (κ2) is 5.59. The fourth-order valence-electron chi connectivity index (χ4n) is 1.43. The smallest absolute Gasteiger partial charge is 0.180 e. The fourth-order valence-corrected chi connectivity index (χ4v) is 3.57. The average Bonchev–Trinajstić information content (AvgIpc) is 2.22. The highest BCUT2D eigenvalue weighted by Crippen LogP contribution is 2.23. The molecule has 1 rings (SSSR count). The Morgan fingerprint density at radius 3 is 2.69 bits per heavy atom.